The molecule has 2 rings (SSSR count). The van der Waals surface area contributed by atoms with Crippen LogP contribution in [0.2, 0.25) is 0 Å². The van der Waals surface area contributed by atoms with Crippen molar-refractivity contribution in [2.45, 2.75) is 12.2 Å². The van der Waals surface area contributed by atoms with Crippen LogP contribution in [0.3, 0.4) is 0 Å². The third-order valence-electron chi connectivity index (χ3n) is 3.24. The second-order valence-corrected chi connectivity index (χ2v) is 5.87. The lowest BCUT2D eigenvalue weighted by atomic mass is 10.0. The largest absolute Gasteiger partial charge is 0.486 e. The molecule has 1 heterocycles. The van der Waals surface area contributed by atoms with Crippen molar-refractivity contribution in [3.05, 3.63) is 18.2 Å². The molecule has 7 heteroatoms. The van der Waals surface area contributed by atoms with Gasteiger partial charge in [0.15, 0.2) is 23.2 Å². The third-order valence-corrected chi connectivity index (χ3v) is 4.18. The highest BCUT2D eigenvalue weighted by Gasteiger charge is 2.30. The third kappa shape index (κ3) is 3.52. The Labute approximate surface area is 132 Å². The van der Waals surface area contributed by atoms with Crippen LogP contribution in [0, 0.1) is 17.2 Å². The average molecular weight is 320 g/mol. The van der Waals surface area contributed by atoms with Gasteiger partial charge in [0, 0.05) is 11.8 Å². The van der Waals surface area contributed by atoms with Crippen molar-refractivity contribution >= 4 is 29.1 Å². The van der Waals surface area contributed by atoms with Crippen molar-refractivity contribution in [2.24, 2.45) is 5.92 Å². The van der Waals surface area contributed by atoms with Gasteiger partial charge in [0.25, 0.3) is 0 Å². The summed E-state index contributed by atoms with van der Waals surface area (Å²) in [4.78, 5) is 24.2. The summed E-state index contributed by atoms with van der Waals surface area (Å²) in [5.74, 6) is -1.22. The van der Waals surface area contributed by atoms with E-state index in [1.54, 1.807) is 37.4 Å². The Hall–Kier alpha value is -2.20. The number of fused-ring (bicyclic) bond motifs is 1. The van der Waals surface area contributed by atoms with Gasteiger partial charge >= 0.3 is 0 Å². The first-order chi connectivity index (χ1) is 10.6. The summed E-state index contributed by atoms with van der Waals surface area (Å²) >= 11 is 1.30. The fourth-order valence-electron chi connectivity index (χ4n) is 1.94. The molecule has 1 amide bonds. The molecule has 6 nitrogen and oxygen atoms in total. The van der Waals surface area contributed by atoms with Crippen molar-refractivity contribution in [3.8, 4) is 17.6 Å². The lowest BCUT2D eigenvalue weighted by Crippen LogP contribution is -2.33. The maximum absolute atomic E-state index is 12.1. The zero-order valence-corrected chi connectivity index (χ0v) is 13.1. The zero-order chi connectivity index (χ0) is 16.1. The lowest BCUT2D eigenvalue weighted by Gasteiger charge is -2.19. The van der Waals surface area contributed by atoms with Gasteiger partial charge in [-0.25, -0.2) is 0 Å². The van der Waals surface area contributed by atoms with Crippen LogP contribution in [-0.2, 0) is 9.59 Å². The number of Topliss-reactive ketones (excluding diaryl/α,β-unsaturated/α-hetero) is 1. The molecule has 1 aliphatic heterocycles. The first-order valence-corrected chi connectivity index (χ1v) is 8.02. The number of benzene rings is 1. The van der Waals surface area contributed by atoms with Gasteiger partial charge in [0.2, 0.25) is 5.91 Å². The van der Waals surface area contributed by atoms with Crippen molar-refractivity contribution in [1.29, 1.82) is 5.26 Å². The predicted octanol–water partition coefficient (Wildman–Crippen LogP) is 1.86. The van der Waals surface area contributed by atoms with Crippen molar-refractivity contribution in [1.82, 2.24) is 0 Å². The fourth-order valence-corrected chi connectivity index (χ4v) is 2.31. The molecule has 22 heavy (non-hydrogen) atoms. The van der Waals surface area contributed by atoms with Crippen LogP contribution in [-0.4, -0.2) is 36.4 Å². The van der Waals surface area contributed by atoms with Crippen LogP contribution in [0.5, 0.6) is 11.5 Å². The Balaban J connectivity index is 2.10. The van der Waals surface area contributed by atoms with Crippen LogP contribution in [0.25, 0.3) is 0 Å². The molecule has 1 aliphatic rings. The number of carbonyl (C=O) groups is 2. The highest BCUT2D eigenvalue weighted by molar-refractivity contribution is 7.99. The molecule has 0 aromatic heterocycles. The van der Waals surface area contributed by atoms with E-state index in [4.69, 9.17) is 14.7 Å². The topological polar surface area (TPSA) is 88.4 Å². The number of nitrogens with one attached hydrogen (secondary N) is 1. The van der Waals surface area contributed by atoms with Crippen LogP contribution in [0.15, 0.2) is 18.2 Å². The predicted molar refractivity (Wildman–Crippen MR) is 83.1 cm³/mol. The summed E-state index contributed by atoms with van der Waals surface area (Å²) in [5, 5.41) is 11.3. The van der Waals surface area contributed by atoms with Gasteiger partial charge in [-0.15, -0.1) is 0 Å². The summed E-state index contributed by atoms with van der Waals surface area (Å²) in [6, 6.07) is 6.70. The van der Waals surface area contributed by atoms with Gasteiger partial charge in [0.1, 0.15) is 13.2 Å². The first-order valence-electron chi connectivity index (χ1n) is 6.73. The van der Waals surface area contributed by atoms with E-state index >= 15 is 0 Å². The molecular weight excluding hydrogens is 304 g/mol. The summed E-state index contributed by atoms with van der Waals surface area (Å²) in [6.45, 7) is 2.60. The number of anilines is 1. The van der Waals surface area contributed by atoms with Crippen molar-refractivity contribution in [2.75, 3.05) is 24.8 Å². The molecule has 116 valence electrons. The van der Waals surface area contributed by atoms with Gasteiger partial charge in [-0.3, -0.25) is 9.59 Å². The Morgan fingerprint density at radius 3 is 2.64 bits per heavy atom. The van der Waals surface area contributed by atoms with E-state index in [0.717, 1.165) is 0 Å². The monoisotopic (exact) mass is 320 g/mol. The number of carbonyl (C=O) groups excluding carboxylic acids is 2. The van der Waals surface area contributed by atoms with Crippen LogP contribution < -0.4 is 14.8 Å². The zero-order valence-electron chi connectivity index (χ0n) is 12.3. The standard InChI is InChI=1S/C15H16N2O4S/c1-9(22-2)14(18)11(8-16)15(19)17-10-3-4-12-13(7-10)21-6-5-20-12/h3-4,7,9,11H,5-6H2,1-2H3,(H,17,19)/t9-,11-/m0/s1. The number of ketones is 1. The molecule has 0 saturated heterocycles. The maximum atomic E-state index is 12.1. The molecule has 0 unspecified atom stereocenters. The Kier molecular flexibility index (Phi) is 5.28. The number of nitrogens with zero attached hydrogens (tertiary/aromatic N) is 1. The molecule has 0 aliphatic carbocycles. The van der Waals surface area contributed by atoms with E-state index in [0.29, 0.717) is 30.4 Å². The molecule has 0 fully saturated rings. The number of amides is 1. The maximum Gasteiger partial charge on any atom is 0.249 e. The second kappa shape index (κ2) is 7.18. The van der Waals surface area contributed by atoms with E-state index in [9.17, 15) is 9.59 Å². The van der Waals surface area contributed by atoms with Gasteiger partial charge in [-0.2, -0.15) is 17.0 Å². The van der Waals surface area contributed by atoms with Crippen molar-refractivity contribution in [3.63, 3.8) is 0 Å². The van der Waals surface area contributed by atoms with Crippen molar-refractivity contribution < 1.29 is 19.1 Å². The number of ether oxygens (including phenoxy) is 2. The van der Waals surface area contributed by atoms with Crippen LogP contribution in [0.4, 0.5) is 5.69 Å². The number of thioether (sulfide) groups is 1. The fraction of sp³-hybridized carbons (Fsp3) is 0.400. The van der Waals surface area contributed by atoms with E-state index in [1.807, 2.05) is 0 Å². The molecular formula is C15H16N2O4S. The number of hydrogen-bond donors (Lipinski definition) is 1. The quantitative estimate of drug-likeness (QED) is 0.833. The van der Waals surface area contributed by atoms with Gasteiger partial charge in [-0.1, -0.05) is 0 Å². The molecule has 1 N–H and O–H groups in total. The molecule has 0 saturated carbocycles. The normalized spacial score (nSPS) is 15.3. The minimum atomic E-state index is -1.32. The highest BCUT2D eigenvalue weighted by Crippen LogP contribution is 2.32. The van der Waals surface area contributed by atoms with E-state index in [1.165, 1.54) is 11.8 Å². The molecule has 2 atom stereocenters. The Bertz CT molecular complexity index is 626. The van der Waals surface area contributed by atoms with Crippen LogP contribution >= 0.6 is 11.8 Å². The SMILES string of the molecule is CS[C@@H](C)C(=O)[C@H](C#N)C(=O)Nc1ccc2c(c1)OCCO2. The second-order valence-electron chi connectivity index (χ2n) is 4.69. The smallest absolute Gasteiger partial charge is 0.249 e. The summed E-state index contributed by atoms with van der Waals surface area (Å²) in [6.07, 6.45) is 1.76. The highest BCUT2D eigenvalue weighted by atomic mass is 32.2. The van der Waals surface area contributed by atoms with Gasteiger partial charge < -0.3 is 14.8 Å². The first kappa shape index (κ1) is 16.2. The van der Waals surface area contributed by atoms with Crippen LogP contribution in [0.1, 0.15) is 6.92 Å². The molecule has 1 aromatic rings. The molecule has 1 aromatic carbocycles. The minimum absolute atomic E-state index is 0.398. The molecule has 0 radical (unpaired) electrons. The Morgan fingerprint density at radius 2 is 2.00 bits per heavy atom. The lowest BCUT2D eigenvalue weighted by molar-refractivity contribution is -0.128. The van der Waals surface area contributed by atoms with E-state index < -0.39 is 22.9 Å². The number of nitriles is 1. The summed E-state index contributed by atoms with van der Waals surface area (Å²) < 4.78 is 10.8. The molecule has 0 bridgehead atoms. The van der Waals surface area contributed by atoms with E-state index in [2.05, 4.69) is 5.32 Å². The minimum Gasteiger partial charge on any atom is -0.486 e. The Morgan fingerprint density at radius 1 is 1.32 bits per heavy atom. The number of hydrogen-bond acceptors (Lipinski definition) is 6. The van der Waals surface area contributed by atoms with E-state index in [-0.39, 0.29) is 0 Å². The van der Waals surface area contributed by atoms with Gasteiger partial charge in [0.05, 0.1) is 11.3 Å². The summed E-state index contributed by atoms with van der Waals surface area (Å²) in [7, 11) is 0. The number of rotatable bonds is 5. The summed E-state index contributed by atoms with van der Waals surface area (Å²) in [5.41, 5.74) is 0.458. The average Bonchev–Trinajstić information content (AvgIpc) is 2.54. The molecule has 0 spiro atoms. The van der Waals surface area contributed by atoms with Gasteiger partial charge in [-0.05, 0) is 25.3 Å².